The van der Waals surface area contributed by atoms with Crippen molar-refractivity contribution in [3.63, 3.8) is 0 Å². The first-order chi connectivity index (χ1) is 6.75. The van der Waals surface area contributed by atoms with Gasteiger partial charge >= 0.3 is 6.09 Å². The minimum Gasteiger partial charge on any atom is -0.442 e. The summed E-state index contributed by atoms with van der Waals surface area (Å²) < 4.78 is 9.91. The topological polar surface area (TPSA) is 67.9 Å². The van der Waals surface area contributed by atoms with Crippen molar-refractivity contribution in [3.05, 3.63) is 0 Å². The number of rotatable bonds is 2. The molecule has 2 aliphatic rings. The van der Waals surface area contributed by atoms with Gasteiger partial charge in [0.05, 0.1) is 19.7 Å². The minimum absolute atomic E-state index is 0.0424. The third-order valence-electron chi connectivity index (χ3n) is 2.26. The molecule has 2 saturated heterocycles. The molecule has 0 aliphatic carbocycles. The summed E-state index contributed by atoms with van der Waals surface area (Å²) in [6, 6.07) is 0. The van der Waals surface area contributed by atoms with Crippen molar-refractivity contribution in [2.75, 3.05) is 32.8 Å². The number of morpholine rings is 1. The number of nitrogens with zero attached hydrogens (tertiary/aromatic N) is 1. The highest BCUT2D eigenvalue weighted by molar-refractivity contribution is 5.78. The van der Waals surface area contributed by atoms with Crippen LogP contribution in [0.5, 0.6) is 0 Å². The molecule has 0 saturated carbocycles. The van der Waals surface area contributed by atoms with Gasteiger partial charge in [-0.05, 0) is 0 Å². The number of amides is 2. The molecule has 6 nitrogen and oxygen atoms in total. The van der Waals surface area contributed by atoms with E-state index in [0.29, 0.717) is 26.2 Å². The maximum Gasteiger partial charge on any atom is 0.407 e. The average Bonchev–Trinajstić information content (AvgIpc) is 2.56. The first kappa shape index (κ1) is 9.26. The van der Waals surface area contributed by atoms with E-state index >= 15 is 0 Å². The highest BCUT2D eigenvalue weighted by atomic mass is 16.6. The zero-order valence-corrected chi connectivity index (χ0v) is 7.69. The van der Waals surface area contributed by atoms with Gasteiger partial charge in [0.15, 0.2) is 0 Å². The van der Waals surface area contributed by atoms with Crippen molar-refractivity contribution in [2.24, 2.45) is 0 Å². The zero-order chi connectivity index (χ0) is 9.97. The molecule has 2 rings (SSSR count). The van der Waals surface area contributed by atoms with Crippen LogP contribution in [0.4, 0.5) is 4.79 Å². The number of hydrogen-bond acceptors (Lipinski definition) is 4. The van der Waals surface area contributed by atoms with Crippen LogP contribution in [-0.2, 0) is 14.3 Å². The second-order valence-electron chi connectivity index (χ2n) is 3.30. The van der Waals surface area contributed by atoms with E-state index in [0.717, 1.165) is 0 Å². The normalized spacial score (nSPS) is 27.4. The van der Waals surface area contributed by atoms with Gasteiger partial charge in [0.25, 0.3) is 0 Å². The number of ether oxygens (including phenoxy) is 2. The van der Waals surface area contributed by atoms with Gasteiger partial charge < -0.3 is 19.7 Å². The Kier molecular flexibility index (Phi) is 2.53. The second-order valence-corrected chi connectivity index (χ2v) is 3.30. The Hall–Kier alpha value is -1.30. The smallest absolute Gasteiger partial charge is 0.407 e. The van der Waals surface area contributed by atoms with Gasteiger partial charge in [-0.3, -0.25) is 4.79 Å². The van der Waals surface area contributed by atoms with E-state index in [1.165, 1.54) is 0 Å². The number of cyclic esters (lactones) is 1. The van der Waals surface area contributed by atoms with Crippen LogP contribution in [0, 0.1) is 0 Å². The van der Waals surface area contributed by atoms with Gasteiger partial charge in [0.1, 0.15) is 12.7 Å². The van der Waals surface area contributed by atoms with Gasteiger partial charge in [0, 0.05) is 6.54 Å². The molecule has 1 N–H and O–H groups in total. The first-order valence-corrected chi connectivity index (χ1v) is 4.56. The molecule has 1 atom stereocenters. The highest BCUT2D eigenvalue weighted by Crippen LogP contribution is 2.05. The fraction of sp³-hybridized carbons (Fsp3) is 0.750. The molecule has 14 heavy (non-hydrogen) atoms. The molecule has 1 unspecified atom stereocenters. The molecule has 2 amide bonds. The van der Waals surface area contributed by atoms with E-state index in [4.69, 9.17) is 9.47 Å². The Balaban J connectivity index is 1.84. The Morgan fingerprint density at radius 2 is 2.36 bits per heavy atom. The van der Waals surface area contributed by atoms with E-state index < -0.39 is 6.09 Å². The summed E-state index contributed by atoms with van der Waals surface area (Å²) in [6.45, 7) is 2.20. The van der Waals surface area contributed by atoms with Gasteiger partial charge in [-0.1, -0.05) is 0 Å². The Bertz CT molecular complexity index is 256. The Morgan fingerprint density at radius 3 is 3.00 bits per heavy atom. The quantitative estimate of drug-likeness (QED) is 0.617. The lowest BCUT2D eigenvalue weighted by molar-refractivity contribution is -0.143. The maximum absolute atomic E-state index is 11.3. The van der Waals surface area contributed by atoms with Crippen molar-refractivity contribution in [2.45, 2.75) is 6.10 Å². The van der Waals surface area contributed by atoms with Crippen LogP contribution < -0.4 is 5.32 Å². The zero-order valence-electron chi connectivity index (χ0n) is 7.69. The molecular formula is C8H12N2O4. The molecule has 0 aromatic carbocycles. The molecule has 2 fully saturated rings. The summed E-state index contributed by atoms with van der Waals surface area (Å²) in [4.78, 5) is 23.7. The van der Waals surface area contributed by atoms with Crippen LogP contribution in [0.25, 0.3) is 0 Å². The monoisotopic (exact) mass is 200 g/mol. The first-order valence-electron chi connectivity index (χ1n) is 4.56. The van der Waals surface area contributed by atoms with Gasteiger partial charge in [0.2, 0.25) is 5.91 Å². The van der Waals surface area contributed by atoms with E-state index in [-0.39, 0.29) is 18.6 Å². The lowest BCUT2D eigenvalue weighted by atomic mass is 10.3. The summed E-state index contributed by atoms with van der Waals surface area (Å²) in [5, 5.41) is 2.54. The predicted molar refractivity (Wildman–Crippen MR) is 45.7 cm³/mol. The number of carbonyl (C=O) groups is 2. The molecule has 0 spiro atoms. The van der Waals surface area contributed by atoms with Gasteiger partial charge in [-0.25, -0.2) is 4.79 Å². The fourth-order valence-electron chi connectivity index (χ4n) is 1.52. The number of hydrogen-bond donors (Lipinski definition) is 1. The third kappa shape index (κ3) is 1.95. The molecule has 2 heterocycles. The van der Waals surface area contributed by atoms with Crippen LogP contribution in [0.1, 0.15) is 0 Å². The summed E-state index contributed by atoms with van der Waals surface area (Å²) in [6.07, 6.45) is -0.625. The predicted octanol–water partition coefficient (Wildman–Crippen LogP) is -1.05. The van der Waals surface area contributed by atoms with E-state index in [2.05, 4.69) is 5.32 Å². The number of nitrogens with one attached hydrogen (secondary N) is 1. The van der Waals surface area contributed by atoms with Crippen molar-refractivity contribution in [1.29, 1.82) is 0 Å². The standard InChI is InChI=1S/C8H12N2O4/c11-7-5-13-2-1-10(7)4-6-3-9-8(12)14-6/h6H,1-5H2,(H,9,12). The molecule has 0 bridgehead atoms. The van der Waals surface area contributed by atoms with Gasteiger partial charge in [-0.2, -0.15) is 0 Å². The van der Waals surface area contributed by atoms with Crippen LogP contribution in [0.3, 0.4) is 0 Å². The van der Waals surface area contributed by atoms with Crippen molar-refractivity contribution in [3.8, 4) is 0 Å². The minimum atomic E-state index is -0.407. The molecule has 2 aliphatic heterocycles. The fourth-order valence-corrected chi connectivity index (χ4v) is 1.52. The third-order valence-corrected chi connectivity index (χ3v) is 2.26. The van der Waals surface area contributed by atoms with Crippen LogP contribution in [-0.4, -0.2) is 55.9 Å². The SMILES string of the molecule is O=C1NCC(CN2CCOCC2=O)O1. The molecule has 0 aromatic heterocycles. The lowest BCUT2D eigenvalue weighted by Gasteiger charge is -2.28. The summed E-state index contributed by atoms with van der Waals surface area (Å²) in [5.74, 6) is -0.0424. The van der Waals surface area contributed by atoms with Crippen LogP contribution in [0.2, 0.25) is 0 Å². The van der Waals surface area contributed by atoms with Crippen molar-refractivity contribution < 1.29 is 19.1 Å². The van der Waals surface area contributed by atoms with E-state index in [1.54, 1.807) is 4.90 Å². The second kappa shape index (κ2) is 3.83. The highest BCUT2D eigenvalue weighted by Gasteiger charge is 2.28. The summed E-state index contributed by atoms with van der Waals surface area (Å²) >= 11 is 0. The molecule has 0 aromatic rings. The number of carbonyl (C=O) groups excluding carboxylic acids is 2. The molecule has 0 radical (unpaired) electrons. The molecular weight excluding hydrogens is 188 g/mol. The number of alkyl carbamates (subject to hydrolysis) is 1. The summed E-state index contributed by atoms with van der Waals surface area (Å²) in [7, 11) is 0. The van der Waals surface area contributed by atoms with E-state index in [1.807, 2.05) is 0 Å². The Morgan fingerprint density at radius 1 is 1.50 bits per heavy atom. The lowest BCUT2D eigenvalue weighted by Crippen LogP contribution is -2.45. The summed E-state index contributed by atoms with van der Waals surface area (Å²) in [5.41, 5.74) is 0. The molecule has 78 valence electrons. The van der Waals surface area contributed by atoms with Gasteiger partial charge in [-0.15, -0.1) is 0 Å². The maximum atomic E-state index is 11.3. The van der Waals surface area contributed by atoms with E-state index in [9.17, 15) is 9.59 Å². The molecule has 6 heteroatoms. The largest absolute Gasteiger partial charge is 0.442 e. The van der Waals surface area contributed by atoms with Crippen molar-refractivity contribution in [1.82, 2.24) is 10.2 Å². The van der Waals surface area contributed by atoms with Crippen LogP contribution >= 0.6 is 0 Å². The average molecular weight is 200 g/mol. The van der Waals surface area contributed by atoms with Crippen LogP contribution in [0.15, 0.2) is 0 Å². The van der Waals surface area contributed by atoms with Crippen molar-refractivity contribution >= 4 is 12.0 Å². The Labute approximate surface area is 81.1 Å².